The largest absolute Gasteiger partial charge is 0.494 e. The molecule has 8 heteroatoms. The second-order valence-corrected chi connectivity index (χ2v) is 6.38. The van der Waals surface area contributed by atoms with E-state index in [2.05, 4.69) is 4.90 Å². The number of amides is 1. The van der Waals surface area contributed by atoms with Gasteiger partial charge in [0.25, 0.3) is 0 Å². The maximum atomic E-state index is 13.4. The van der Waals surface area contributed by atoms with Crippen molar-refractivity contribution in [3.63, 3.8) is 0 Å². The third-order valence-electron chi connectivity index (χ3n) is 4.78. The summed E-state index contributed by atoms with van der Waals surface area (Å²) >= 11 is 0. The summed E-state index contributed by atoms with van der Waals surface area (Å²) in [6.07, 6.45) is 1.10. The number of rotatable bonds is 5. The van der Waals surface area contributed by atoms with Crippen LogP contribution in [0, 0.1) is 5.82 Å². The lowest BCUT2D eigenvalue weighted by atomic mass is 10.1. The third kappa shape index (κ3) is 5.66. The molecule has 2 aromatic carbocycles. The number of halogens is 3. The van der Waals surface area contributed by atoms with Crippen molar-refractivity contribution in [2.75, 3.05) is 43.9 Å². The van der Waals surface area contributed by atoms with E-state index in [0.717, 1.165) is 16.9 Å². The molecular formula is C20H26Cl2FN3O2. The van der Waals surface area contributed by atoms with E-state index in [9.17, 15) is 9.18 Å². The highest BCUT2D eigenvalue weighted by Crippen LogP contribution is 2.29. The van der Waals surface area contributed by atoms with E-state index >= 15 is 0 Å². The quantitative estimate of drug-likeness (QED) is 0.738. The Hall–Kier alpha value is -2.18. The Kier molecular flexibility index (Phi) is 9.35. The van der Waals surface area contributed by atoms with Gasteiger partial charge >= 0.3 is 0 Å². The molecule has 1 aliphatic rings. The number of nitrogens with two attached hydrogens (primary N) is 1. The highest BCUT2D eigenvalue weighted by atomic mass is 35.5. The topological polar surface area (TPSA) is 58.8 Å². The van der Waals surface area contributed by atoms with Gasteiger partial charge in [-0.25, -0.2) is 4.39 Å². The molecular weight excluding hydrogens is 404 g/mol. The first-order chi connectivity index (χ1) is 12.6. The van der Waals surface area contributed by atoms with Crippen LogP contribution in [0.1, 0.15) is 12.0 Å². The number of benzene rings is 2. The van der Waals surface area contributed by atoms with Gasteiger partial charge in [-0.05, 0) is 30.2 Å². The van der Waals surface area contributed by atoms with Gasteiger partial charge in [0.05, 0.1) is 12.8 Å². The molecule has 0 aliphatic carbocycles. The summed E-state index contributed by atoms with van der Waals surface area (Å²) in [7, 11) is 1.54. The molecule has 1 heterocycles. The third-order valence-corrected chi connectivity index (χ3v) is 4.78. The van der Waals surface area contributed by atoms with Crippen LogP contribution in [0.15, 0.2) is 42.5 Å². The Morgan fingerprint density at radius 3 is 2.43 bits per heavy atom. The lowest BCUT2D eigenvalue weighted by Gasteiger charge is -2.36. The second-order valence-electron chi connectivity index (χ2n) is 6.38. The number of aryl methyl sites for hydroxylation is 1. The summed E-state index contributed by atoms with van der Waals surface area (Å²) < 4.78 is 18.6. The number of nitrogens with zero attached hydrogens (tertiary/aromatic N) is 2. The van der Waals surface area contributed by atoms with E-state index in [1.54, 1.807) is 6.07 Å². The molecule has 0 radical (unpaired) electrons. The number of hydrogen-bond acceptors (Lipinski definition) is 4. The van der Waals surface area contributed by atoms with E-state index in [4.69, 9.17) is 10.5 Å². The van der Waals surface area contributed by atoms with Crippen LogP contribution in [0.3, 0.4) is 0 Å². The fraction of sp³-hybridized carbons (Fsp3) is 0.350. The molecule has 28 heavy (non-hydrogen) atoms. The Bertz CT molecular complexity index is 784. The summed E-state index contributed by atoms with van der Waals surface area (Å²) in [5, 5.41) is 0. The molecule has 154 valence electrons. The van der Waals surface area contributed by atoms with Crippen LogP contribution in [0.4, 0.5) is 15.8 Å². The number of carbonyl (C=O) groups excluding carboxylic acids is 1. The molecule has 2 N–H and O–H groups in total. The molecule has 0 atom stereocenters. The molecule has 1 fully saturated rings. The van der Waals surface area contributed by atoms with Crippen molar-refractivity contribution >= 4 is 42.1 Å². The molecule has 3 rings (SSSR count). The summed E-state index contributed by atoms with van der Waals surface area (Å²) in [5.74, 6) is 0.336. The first-order valence-electron chi connectivity index (χ1n) is 8.78. The Morgan fingerprint density at radius 1 is 1.11 bits per heavy atom. The fourth-order valence-corrected chi connectivity index (χ4v) is 3.27. The minimum absolute atomic E-state index is 0. The van der Waals surface area contributed by atoms with E-state index in [1.165, 1.54) is 19.2 Å². The van der Waals surface area contributed by atoms with Crippen molar-refractivity contribution in [2.45, 2.75) is 12.8 Å². The smallest absolute Gasteiger partial charge is 0.223 e. The van der Waals surface area contributed by atoms with Crippen LogP contribution in [0.2, 0.25) is 0 Å². The zero-order chi connectivity index (χ0) is 18.5. The number of hydrogen-bond donors (Lipinski definition) is 1. The number of methoxy groups -OCH3 is 1. The zero-order valence-electron chi connectivity index (χ0n) is 15.8. The number of ether oxygens (including phenoxy) is 1. The zero-order valence-corrected chi connectivity index (χ0v) is 17.4. The van der Waals surface area contributed by atoms with Crippen LogP contribution < -0.4 is 15.4 Å². The van der Waals surface area contributed by atoms with Gasteiger partial charge in [0, 0.05) is 44.4 Å². The average molecular weight is 430 g/mol. The van der Waals surface area contributed by atoms with Gasteiger partial charge in [0.15, 0.2) is 0 Å². The molecule has 0 saturated carbocycles. The normalized spacial score (nSPS) is 13.4. The van der Waals surface area contributed by atoms with Crippen LogP contribution in [0.5, 0.6) is 5.75 Å². The number of piperazine rings is 1. The maximum absolute atomic E-state index is 13.4. The van der Waals surface area contributed by atoms with Gasteiger partial charge in [0.2, 0.25) is 5.91 Å². The van der Waals surface area contributed by atoms with Crippen molar-refractivity contribution in [3.8, 4) is 5.75 Å². The Balaban J connectivity index is 0.00000196. The average Bonchev–Trinajstić information content (AvgIpc) is 2.67. The molecule has 5 nitrogen and oxygen atoms in total. The van der Waals surface area contributed by atoms with Crippen molar-refractivity contribution < 1.29 is 13.9 Å². The van der Waals surface area contributed by atoms with Gasteiger partial charge in [-0.1, -0.05) is 18.2 Å². The standard InChI is InChI=1S/C20H24FN3O2.2ClH/c1-26-19-14-16(21)7-8-18(19)23-10-12-24(13-11-23)20(25)9-6-15-4-2-3-5-17(15)22;;/h2-5,7-8,14H,6,9-13,22H2,1H3;2*1H. The Morgan fingerprint density at radius 2 is 1.79 bits per heavy atom. The van der Waals surface area contributed by atoms with Crippen molar-refractivity contribution in [1.29, 1.82) is 0 Å². The lowest BCUT2D eigenvalue weighted by Crippen LogP contribution is -2.49. The predicted molar refractivity (Wildman–Crippen MR) is 115 cm³/mol. The Labute approximate surface area is 177 Å². The van der Waals surface area contributed by atoms with E-state index in [1.807, 2.05) is 29.2 Å². The molecule has 0 unspecified atom stereocenters. The molecule has 1 saturated heterocycles. The fourth-order valence-electron chi connectivity index (χ4n) is 3.27. The summed E-state index contributed by atoms with van der Waals surface area (Å²) in [5.41, 5.74) is 8.53. The summed E-state index contributed by atoms with van der Waals surface area (Å²) in [6.45, 7) is 2.68. The van der Waals surface area contributed by atoms with Gasteiger partial charge in [-0.3, -0.25) is 4.79 Å². The van der Waals surface area contributed by atoms with Crippen molar-refractivity contribution in [3.05, 3.63) is 53.8 Å². The summed E-state index contributed by atoms with van der Waals surface area (Å²) in [4.78, 5) is 16.5. The van der Waals surface area contributed by atoms with Gasteiger partial charge in [-0.15, -0.1) is 24.8 Å². The number of carbonyl (C=O) groups is 1. The van der Waals surface area contributed by atoms with Gasteiger partial charge in [0.1, 0.15) is 11.6 Å². The molecule has 0 spiro atoms. The molecule has 0 aromatic heterocycles. The van der Waals surface area contributed by atoms with E-state index in [0.29, 0.717) is 44.8 Å². The molecule has 1 amide bonds. The van der Waals surface area contributed by atoms with Crippen LogP contribution in [0.25, 0.3) is 0 Å². The minimum atomic E-state index is -0.320. The highest BCUT2D eigenvalue weighted by Gasteiger charge is 2.23. The van der Waals surface area contributed by atoms with E-state index in [-0.39, 0.29) is 36.5 Å². The van der Waals surface area contributed by atoms with Gasteiger partial charge in [-0.2, -0.15) is 0 Å². The first kappa shape index (κ1) is 23.9. The second kappa shape index (κ2) is 11.0. The minimum Gasteiger partial charge on any atom is -0.494 e. The van der Waals surface area contributed by atoms with Crippen molar-refractivity contribution in [1.82, 2.24) is 4.90 Å². The van der Waals surface area contributed by atoms with Crippen LogP contribution >= 0.6 is 24.8 Å². The van der Waals surface area contributed by atoms with Crippen LogP contribution in [-0.4, -0.2) is 44.1 Å². The summed E-state index contributed by atoms with van der Waals surface area (Å²) in [6, 6.07) is 12.2. The molecule has 0 bridgehead atoms. The van der Waals surface area contributed by atoms with Crippen LogP contribution in [-0.2, 0) is 11.2 Å². The number of para-hydroxylation sites is 1. The molecule has 1 aliphatic heterocycles. The van der Waals surface area contributed by atoms with Gasteiger partial charge < -0.3 is 20.3 Å². The number of nitrogen functional groups attached to an aromatic ring is 1. The number of anilines is 2. The monoisotopic (exact) mass is 429 g/mol. The lowest BCUT2D eigenvalue weighted by molar-refractivity contribution is -0.131. The predicted octanol–water partition coefficient (Wildman–Crippen LogP) is 3.54. The van der Waals surface area contributed by atoms with Crippen molar-refractivity contribution in [2.24, 2.45) is 0 Å². The molecule has 2 aromatic rings. The van der Waals surface area contributed by atoms with E-state index < -0.39 is 0 Å². The SMILES string of the molecule is COc1cc(F)ccc1N1CCN(C(=O)CCc2ccccc2N)CC1.Cl.Cl. The maximum Gasteiger partial charge on any atom is 0.223 e. The first-order valence-corrected chi connectivity index (χ1v) is 8.78. The highest BCUT2D eigenvalue weighted by molar-refractivity contribution is 5.85.